The first-order valence-electron chi connectivity index (χ1n) is 7.81. The van der Waals surface area contributed by atoms with Crippen molar-refractivity contribution in [3.8, 4) is 5.75 Å². The number of ether oxygens (including phenoxy) is 1. The van der Waals surface area contributed by atoms with E-state index in [4.69, 9.17) is 4.74 Å². The molecule has 21 heavy (non-hydrogen) atoms. The van der Waals surface area contributed by atoms with E-state index in [1.165, 1.54) is 5.56 Å². The minimum atomic E-state index is -2.47. The molecule has 0 aliphatic heterocycles. The molecule has 4 heteroatoms. The maximum absolute atomic E-state index is 13.4. The van der Waals surface area contributed by atoms with E-state index in [1.54, 1.807) is 7.11 Å². The normalized spacial score (nSPS) is 20.2. The Hall–Kier alpha value is -1.16. The molecule has 0 radical (unpaired) electrons. The van der Waals surface area contributed by atoms with Crippen molar-refractivity contribution in [1.82, 2.24) is 5.32 Å². The van der Waals surface area contributed by atoms with E-state index >= 15 is 0 Å². The van der Waals surface area contributed by atoms with Crippen LogP contribution in [0.2, 0.25) is 0 Å². The standard InChI is InChI=1S/C17H25F2NO/c1-3-12-20-16(13-4-6-15(21-2)7-5-13)14-8-10-17(18,19)11-9-14/h4-7,14,16,20H,3,8-12H2,1-2H3. The third-order valence-corrected chi connectivity index (χ3v) is 4.32. The van der Waals surface area contributed by atoms with Crippen molar-refractivity contribution >= 4 is 0 Å². The Morgan fingerprint density at radius 3 is 2.38 bits per heavy atom. The lowest BCUT2D eigenvalue weighted by Gasteiger charge is -2.34. The molecule has 1 N–H and O–H groups in total. The van der Waals surface area contributed by atoms with E-state index in [2.05, 4.69) is 12.2 Å². The van der Waals surface area contributed by atoms with Crippen LogP contribution in [-0.2, 0) is 0 Å². The first-order chi connectivity index (χ1) is 10.1. The Bertz CT molecular complexity index is 423. The average molecular weight is 297 g/mol. The molecule has 0 amide bonds. The van der Waals surface area contributed by atoms with Gasteiger partial charge in [0.05, 0.1) is 7.11 Å². The number of hydrogen-bond donors (Lipinski definition) is 1. The minimum Gasteiger partial charge on any atom is -0.497 e. The number of hydrogen-bond acceptors (Lipinski definition) is 2. The predicted molar refractivity (Wildman–Crippen MR) is 80.9 cm³/mol. The van der Waals surface area contributed by atoms with Gasteiger partial charge in [-0.2, -0.15) is 0 Å². The molecule has 0 spiro atoms. The summed E-state index contributed by atoms with van der Waals surface area (Å²) in [7, 11) is 1.64. The van der Waals surface area contributed by atoms with Crippen molar-refractivity contribution in [1.29, 1.82) is 0 Å². The quantitative estimate of drug-likeness (QED) is 0.831. The summed E-state index contributed by atoms with van der Waals surface area (Å²) >= 11 is 0. The molecular weight excluding hydrogens is 272 g/mol. The van der Waals surface area contributed by atoms with Gasteiger partial charge in [0.1, 0.15) is 5.75 Å². The van der Waals surface area contributed by atoms with E-state index in [0.717, 1.165) is 18.7 Å². The maximum Gasteiger partial charge on any atom is 0.248 e. The van der Waals surface area contributed by atoms with Gasteiger partial charge >= 0.3 is 0 Å². The summed E-state index contributed by atoms with van der Waals surface area (Å²) in [6, 6.07) is 8.12. The summed E-state index contributed by atoms with van der Waals surface area (Å²) < 4.78 is 31.9. The molecule has 0 bridgehead atoms. The van der Waals surface area contributed by atoms with Crippen molar-refractivity contribution in [2.45, 2.75) is 51.0 Å². The second-order valence-corrected chi connectivity index (χ2v) is 5.90. The van der Waals surface area contributed by atoms with Gasteiger partial charge in [0.15, 0.2) is 0 Å². The Morgan fingerprint density at radius 2 is 1.86 bits per heavy atom. The van der Waals surface area contributed by atoms with Crippen molar-refractivity contribution < 1.29 is 13.5 Å². The van der Waals surface area contributed by atoms with Gasteiger partial charge in [-0.05, 0) is 49.4 Å². The number of nitrogens with one attached hydrogen (secondary N) is 1. The van der Waals surface area contributed by atoms with E-state index in [1.807, 2.05) is 24.3 Å². The molecule has 2 nitrogen and oxygen atoms in total. The van der Waals surface area contributed by atoms with Crippen LogP contribution in [0.3, 0.4) is 0 Å². The van der Waals surface area contributed by atoms with Crippen LogP contribution in [0.4, 0.5) is 8.78 Å². The number of alkyl halides is 2. The maximum atomic E-state index is 13.4. The third kappa shape index (κ3) is 4.40. The molecule has 0 saturated heterocycles. The highest BCUT2D eigenvalue weighted by Crippen LogP contribution is 2.41. The summed E-state index contributed by atoms with van der Waals surface area (Å²) in [4.78, 5) is 0. The van der Waals surface area contributed by atoms with Gasteiger partial charge in [0.25, 0.3) is 0 Å². The molecular formula is C17H25F2NO. The van der Waals surface area contributed by atoms with Crippen molar-refractivity contribution in [2.24, 2.45) is 5.92 Å². The monoisotopic (exact) mass is 297 g/mol. The molecule has 1 atom stereocenters. The van der Waals surface area contributed by atoms with Crippen LogP contribution in [0.25, 0.3) is 0 Å². The van der Waals surface area contributed by atoms with E-state index in [-0.39, 0.29) is 24.8 Å². The van der Waals surface area contributed by atoms with Gasteiger partial charge in [-0.25, -0.2) is 8.78 Å². The first-order valence-corrected chi connectivity index (χ1v) is 7.81. The van der Waals surface area contributed by atoms with Crippen molar-refractivity contribution in [2.75, 3.05) is 13.7 Å². The average Bonchev–Trinajstić information content (AvgIpc) is 2.49. The molecule has 1 unspecified atom stereocenters. The van der Waals surface area contributed by atoms with Crippen molar-refractivity contribution in [3.05, 3.63) is 29.8 Å². The fourth-order valence-corrected chi connectivity index (χ4v) is 3.06. The summed E-state index contributed by atoms with van der Waals surface area (Å²) in [5.74, 6) is -1.36. The second-order valence-electron chi connectivity index (χ2n) is 5.90. The number of halogens is 2. The van der Waals surface area contributed by atoms with Crippen LogP contribution in [0, 0.1) is 5.92 Å². The second kappa shape index (κ2) is 7.21. The molecule has 0 aromatic heterocycles. The fourth-order valence-electron chi connectivity index (χ4n) is 3.06. The Labute approximate surface area is 125 Å². The van der Waals surface area contributed by atoms with Crippen LogP contribution in [0.1, 0.15) is 50.6 Å². The zero-order valence-electron chi connectivity index (χ0n) is 12.9. The van der Waals surface area contributed by atoms with Gasteiger partial charge in [-0.15, -0.1) is 0 Å². The van der Waals surface area contributed by atoms with E-state index in [0.29, 0.717) is 12.8 Å². The molecule has 118 valence electrons. The SMILES string of the molecule is CCCNC(c1ccc(OC)cc1)C1CCC(F)(F)CC1. The topological polar surface area (TPSA) is 21.3 Å². The molecule has 1 saturated carbocycles. The van der Waals surface area contributed by atoms with Gasteiger partial charge in [-0.1, -0.05) is 19.1 Å². The summed E-state index contributed by atoms with van der Waals surface area (Å²) in [5.41, 5.74) is 1.17. The van der Waals surface area contributed by atoms with E-state index < -0.39 is 5.92 Å². The van der Waals surface area contributed by atoms with Crippen LogP contribution in [0.15, 0.2) is 24.3 Å². The molecule has 2 rings (SSSR count). The molecule has 1 fully saturated rings. The lowest BCUT2D eigenvalue weighted by atomic mass is 9.79. The third-order valence-electron chi connectivity index (χ3n) is 4.32. The summed E-state index contributed by atoms with van der Waals surface area (Å²) in [6.45, 7) is 3.02. The smallest absolute Gasteiger partial charge is 0.248 e. The molecule has 1 aliphatic carbocycles. The molecule has 0 heterocycles. The number of methoxy groups -OCH3 is 1. The van der Waals surface area contributed by atoms with Crippen LogP contribution < -0.4 is 10.1 Å². The number of rotatable bonds is 6. The number of benzene rings is 1. The highest BCUT2D eigenvalue weighted by atomic mass is 19.3. The Morgan fingerprint density at radius 1 is 1.24 bits per heavy atom. The highest BCUT2D eigenvalue weighted by Gasteiger charge is 2.37. The Balaban J connectivity index is 2.09. The van der Waals surface area contributed by atoms with Crippen LogP contribution in [0.5, 0.6) is 5.75 Å². The lowest BCUT2D eigenvalue weighted by molar-refractivity contribution is -0.0497. The molecule has 1 aromatic rings. The summed E-state index contributed by atoms with van der Waals surface area (Å²) in [6.07, 6.45) is 2.23. The predicted octanol–water partition coefficient (Wildman–Crippen LogP) is 4.56. The lowest BCUT2D eigenvalue weighted by Crippen LogP contribution is -2.34. The highest BCUT2D eigenvalue weighted by molar-refractivity contribution is 5.29. The zero-order chi connectivity index (χ0) is 15.3. The van der Waals surface area contributed by atoms with Crippen LogP contribution >= 0.6 is 0 Å². The van der Waals surface area contributed by atoms with Gasteiger partial charge in [-0.3, -0.25) is 0 Å². The Kier molecular flexibility index (Phi) is 5.57. The van der Waals surface area contributed by atoms with Gasteiger partial charge in [0.2, 0.25) is 5.92 Å². The summed E-state index contributed by atoms with van der Waals surface area (Å²) in [5, 5.41) is 3.53. The van der Waals surface area contributed by atoms with Crippen molar-refractivity contribution in [3.63, 3.8) is 0 Å². The zero-order valence-corrected chi connectivity index (χ0v) is 12.9. The van der Waals surface area contributed by atoms with Crippen LogP contribution in [-0.4, -0.2) is 19.6 Å². The fraction of sp³-hybridized carbons (Fsp3) is 0.647. The van der Waals surface area contributed by atoms with Gasteiger partial charge < -0.3 is 10.1 Å². The van der Waals surface area contributed by atoms with Gasteiger partial charge in [0, 0.05) is 18.9 Å². The molecule has 1 aromatic carbocycles. The van der Waals surface area contributed by atoms with E-state index in [9.17, 15) is 8.78 Å². The largest absolute Gasteiger partial charge is 0.497 e. The minimum absolute atomic E-state index is 0.0120. The molecule has 1 aliphatic rings. The first kappa shape index (κ1) is 16.2.